The minimum Gasteiger partial charge on any atom is -0.489 e. The molecule has 11 nitrogen and oxygen atoms in total. The van der Waals surface area contributed by atoms with Crippen molar-refractivity contribution < 1.29 is 24.5 Å². The van der Waals surface area contributed by atoms with E-state index in [0.717, 1.165) is 63.4 Å². The third-order valence-corrected chi connectivity index (χ3v) is 8.02. The lowest BCUT2D eigenvalue weighted by Gasteiger charge is -2.32. The van der Waals surface area contributed by atoms with E-state index in [4.69, 9.17) is 19.6 Å². The summed E-state index contributed by atoms with van der Waals surface area (Å²) in [5.74, 6) is -0.480. The molecule has 1 unspecified atom stereocenters. The number of aryl methyl sites for hydroxylation is 3. The molecule has 0 fully saturated rings. The van der Waals surface area contributed by atoms with Crippen molar-refractivity contribution in [2.24, 2.45) is 12.5 Å². The fourth-order valence-corrected chi connectivity index (χ4v) is 5.51. The number of ether oxygens (including phenoxy) is 1. The maximum absolute atomic E-state index is 12.6. The predicted octanol–water partition coefficient (Wildman–Crippen LogP) is 4.49. The second-order valence-electron chi connectivity index (χ2n) is 11.2. The number of hydrogen-bond acceptors (Lipinski definition) is 8. The van der Waals surface area contributed by atoms with Crippen LogP contribution in [0.5, 0.6) is 5.75 Å². The highest BCUT2D eigenvalue weighted by molar-refractivity contribution is 5.81. The zero-order valence-electron chi connectivity index (χ0n) is 24.9. The molecule has 222 valence electrons. The topological polar surface area (TPSA) is 144 Å². The Bertz CT molecular complexity index is 1580. The lowest BCUT2D eigenvalue weighted by molar-refractivity contribution is -0.147. The van der Waals surface area contributed by atoms with Gasteiger partial charge >= 0.3 is 5.97 Å². The average Bonchev–Trinajstić information content (AvgIpc) is 3.23. The molecular formula is C31H38N6O5. The van der Waals surface area contributed by atoms with E-state index in [1.165, 1.54) is 0 Å². The molecular weight excluding hydrogens is 536 g/mol. The zero-order chi connectivity index (χ0) is 30.6. The second-order valence-corrected chi connectivity index (χ2v) is 11.2. The Balaban J connectivity index is 0.00000129. The minimum absolute atomic E-state index is 0.0668. The molecule has 0 radical (unpaired) electrons. The van der Waals surface area contributed by atoms with E-state index in [-0.39, 0.29) is 12.6 Å². The molecule has 0 aliphatic carbocycles. The number of benzene rings is 1. The first-order valence-corrected chi connectivity index (χ1v) is 13.9. The van der Waals surface area contributed by atoms with Gasteiger partial charge in [0.2, 0.25) is 0 Å². The molecule has 1 aromatic carbocycles. The van der Waals surface area contributed by atoms with Gasteiger partial charge in [0.1, 0.15) is 17.4 Å². The quantitative estimate of drug-likeness (QED) is 0.303. The van der Waals surface area contributed by atoms with Crippen molar-refractivity contribution in [3.8, 4) is 5.75 Å². The number of carbonyl (C=O) groups is 2. The lowest BCUT2D eigenvalue weighted by Crippen LogP contribution is -2.34. The van der Waals surface area contributed by atoms with E-state index in [1.54, 1.807) is 24.7 Å². The zero-order valence-corrected chi connectivity index (χ0v) is 24.9. The molecule has 2 atom stereocenters. The van der Waals surface area contributed by atoms with Crippen molar-refractivity contribution in [2.75, 3.05) is 6.54 Å². The fraction of sp³-hybridized carbons (Fsp3) is 0.419. The number of hydrogen-bond donors (Lipinski definition) is 2. The Hall–Kier alpha value is -4.38. The van der Waals surface area contributed by atoms with E-state index < -0.39 is 17.3 Å². The number of nitrogens with zero attached hydrogens (tertiary/aromatic N) is 6. The normalized spacial score (nSPS) is 16.0. The summed E-state index contributed by atoms with van der Waals surface area (Å²) in [6.45, 7) is 11.6. The molecule has 3 aromatic heterocycles. The number of aliphatic carboxylic acids is 1. The first kappa shape index (κ1) is 30.6. The summed E-state index contributed by atoms with van der Waals surface area (Å²) >= 11 is 0. The lowest BCUT2D eigenvalue weighted by atomic mass is 9.71. The van der Waals surface area contributed by atoms with E-state index in [9.17, 15) is 9.90 Å². The summed E-state index contributed by atoms with van der Waals surface area (Å²) in [5, 5.41) is 25.7. The van der Waals surface area contributed by atoms with Crippen LogP contribution < -0.4 is 4.74 Å². The van der Waals surface area contributed by atoms with Crippen LogP contribution in [0.25, 0.3) is 11.0 Å². The van der Waals surface area contributed by atoms with Gasteiger partial charge in [-0.05, 0) is 69.0 Å². The number of pyridine rings is 2. The average molecular weight is 575 g/mol. The number of rotatable bonds is 7. The van der Waals surface area contributed by atoms with Crippen LogP contribution in [0.1, 0.15) is 66.8 Å². The van der Waals surface area contributed by atoms with E-state index in [0.29, 0.717) is 13.1 Å². The highest BCUT2D eigenvalue weighted by Gasteiger charge is 2.41. The molecule has 5 rings (SSSR count). The summed E-state index contributed by atoms with van der Waals surface area (Å²) < 4.78 is 8.00. The third kappa shape index (κ3) is 6.11. The fourth-order valence-electron chi connectivity index (χ4n) is 5.51. The van der Waals surface area contributed by atoms with Crippen molar-refractivity contribution in [3.05, 3.63) is 76.4 Å². The monoisotopic (exact) mass is 574 g/mol. The third-order valence-electron chi connectivity index (χ3n) is 8.02. The van der Waals surface area contributed by atoms with Gasteiger partial charge in [-0.3, -0.25) is 24.5 Å². The van der Waals surface area contributed by atoms with Gasteiger partial charge in [-0.2, -0.15) is 0 Å². The summed E-state index contributed by atoms with van der Waals surface area (Å²) in [7, 11) is 1.85. The summed E-state index contributed by atoms with van der Waals surface area (Å²) in [4.78, 5) is 32.8. The standard InChI is InChI=1S/C30H36N6O3.CH2O2/c1-7-21-16-36(15-20-14-31-13-12-26(20)39-21)17-24-18(2)8-10-23(32-24)27(30(4,5)29(37)38)22-9-11-25-28(19(22)3)33-34-35(25)6;2-1-3/h8-14,21,27H,7,15-17H2,1-6H3,(H,37,38);1H,(H,2,3)/t21-,27?;/m1./s1. The van der Waals surface area contributed by atoms with Crippen LogP contribution in [0.15, 0.2) is 42.7 Å². The van der Waals surface area contributed by atoms with E-state index in [2.05, 4.69) is 40.1 Å². The molecule has 0 amide bonds. The van der Waals surface area contributed by atoms with Gasteiger partial charge in [-0.15, -0.1) is 5.10 Å². The molecule has 1 aliphatic rings. The van der Waals surface area contributed by atoms with Gasteiger partial charge in [0.05, 0.1) is 16.6 Å². The summed E-state index contributed by atoms with van der Waals surface area (Å²) in [6.07, 6.45) is 4.59. The van der Waals surface area contributed by atoms with Gasteiger partial charge in [-0.1, -0.05) is 24.3 Å². The molecule has 0 saturated heterocycles. The predicted molar refractivity (Wildman–Crippen MR) is 157 cm³/mol. The van der Waals surface area contributed by atoms with E-state index in [1.807, 2.05) is 44.4 Å². The Labute approximate surface area is 245 Å². The molecule has 0 bridgehead atoms. The van der Waals surface area contributed by atoms with Crippen LogP contribution >= 0.6 is 0 Å². The van der Waals surface area contributed by atoms with Crippen molar-refractivity contribution in [1.82, 2.24) is 29.9 Å². The molecule has 0 spiro atoms. The Morgan fingerprint density at radius 1 is 1.21 bits per heavy atom. The molecule has 0 saturated carbocycles. The van der Waals surface area contributed by atoms with Crippen LogP contribution in [0.2, 0.25) is 0 Å². The molecule has 42 heavy (non-hydrogen) atoms. The van der Waals surface area contributed by atoms with Gasteiger partial charge in [0.25, 0.3) is 6.47 Å². The SMILES string of the molecule is CC[C@@H]1CN(Cc2nc(C(c3ccc4c(nnn4C)c3C)C(C)(C)C(=O)O)ccc2C)Cc2cnccc2O1.O=CO. The molecule has 1 aliphatic heterocycles. The van der Waals surface area contributed by atoms with E-state index >= 15 is 0 Å². The maximum Gasteiger partial charge on any atom is 0.310 e. The minimum atomic E-state index is -1.12. The number of fused-ring (bicyclic) bond motifs is 2. The maximum atomic E-state index is 12.6. The first-order valence-electron chi connectivity index (χ1n) is 13.9. The molecule has 4 aromatic rings. The molecule has 11 heteroatoms. The smallest absolute Gasteiger partial charge is 0.310 e. The molecule has 4 heterocycles. The number of carboxylic acid groups (broad SMARTS) is 2. The van der Waals surface area contributed by atoms with Crippen LogP contribution in [-0.2, 0) is 29.7 Å². The van der Waals surface area contributed by atoms with Crippen LogP contribution in [0.3, 0.4) is 0 Å². The highest BCUT2D eigenvalue weighted by atomic mass is 16.5. The Morgan fingerprint density at radius 3 is 2.64 bits per heavy atom. The Kier molecular flexibility index (Phi) is 9.20. The Morgan fingerprint density at radius 2 is 1.95 bits per heavy atom. The van der Waals surface area contributed by atoms with Gasteiger partial charge in [0, 0.05) is 56.3 Å². The largest absolute Gasteiger partial charge is 0.489 e. The second kappa shape index (κ2) is 12.6. The van der Waals surface area contributed by atoms with Crippen LogP contribution in [0.4, 0.5) is 0 Å². The summed E-state index contributed by atoms with van der Waals surface area (Å²) in [6, 6.07) is 9.92. The van der Waals surface area contributed by atoms with Crippen molar-refractivity contribution in [3.63, 3.8) is 0 Å². The van der Waals surface area contributed by atoms with Crippen molar-refractivity contribution in [1.29, 1.82) is 0 Å². The van der Waals surface area contributed by atoms with Crippen LogP contribution in [-0.4, -0.2) is 65.2 Å². The van der Waals surface area contributed by atoms with Crippen molar-refractivity contribution >= 4 is 23.5 Å². The molecule has 2 N–H and O–H groups in total. The first-order chi connectivity index (χ1) is 20.0. The van der Waals surface area contributed by atoms with Crippen molar-refractivity contribution in [2.45, 2.75) is 66.2 Å². The highest BCUT2D eigenvalue weighted by Crippen LogP contribution is 2.43. The number of aromatic nitrogens is 5. The van der Waals surface area contributed by atoms with Gasteiger partial charge < -0.3 is 14.9 Å². The van der Waals surface area contributed by atoms with Crippen LogP contribution in [0, 0.1) is 19.3 Å². The summed E-state index contributed by atoms with van der Waals surface area (Å²) in [5.41, 5.74) is 6.16. The van der Waals surface area contributed by atoms with Gasteiger partial charge in [0.15, 0.2) is 0 Å². The van der Waals surface area contributed by atoms with Gasteiger partial charge in [-0.25, -0.2) is 4.68 Å². The number of carboxylic acids is 1.